The number of nitrogens with zero attached hydrogens (tertiary/aromatic N) is 2. The predicted octanol–water partition coefficient (Wildman–Crippen LogP) is 10.8. The van der Waals surface area contributed by atoms with Crippen LogP contribution in [0.5, 0.6) is 0 Å². The topological polar surface area (TPSA) is 77.8 Å². The summed E-state index contributed by atoms with van der Waals surface area (Å²) >= 11 is -0.418. The molecule has 0 spiro atoms. The quantitative estimate of drug-likeness (QED) is 0.0814. The second-order valence-corrected chi connectivity index (χ2v) is 27.4. The Balaban J connectivity index is 2.20. The molecule has 0 aliphatic heterocycles. The summed E-state index contributed by atoms with van der Waals surface area (Å²) in [5.74, 6) is -0.804. The van der Waals surface area contributed by atoms with Crippen LogP contribution in [0.25, 0.3) is 10.9 Å². The SMILES string of the molecule is CCC[CH2][Sn]([CH]=CCN(C(=O)OC(C)(C)C)c1cc(C(=O)OCC)c2c(ccn2C(=O)c2ccccc2)c1I)([CH2]CCC)[CH2]CCC. The summed E-state index contributed by atoms with van der Waals surface area (Å²) in [6, 6.07) is 12.5. The number of benzene rings is 2. The molecule has 0 radical (unpaired) electrons. The minimum absolute atomic E-state index is 0.176. The van der Waals surface area contributed by atoms with Crippen molar-refractivity contribution in [3.63, 3.8) is 0 Å². The molecular weight excluding hydrogens is 810 g/mol. The molecule has 1 aromatic heterocycles. The molecule has 9 heteroatoms. The third-order valence-corrected chi connectivity index (χ3v) is 23.7. The molecule has 3 rings (SSSR count). The van der Waals surface area contributed by atoms with Gasteiger partial charge in [0, 0.05) is 0 Å². The van der Waals surface area contributed by atoms with E-state index in [9.17, 15) is 14.4 Å². The van der Waals surface area contributed by atoms with Crippen molar-refractivity contribution < 1.29 is 23.9 Å². The number of ether oxygens (including phenoxy) is 2. The zero-order valence-corrected chi connectivity index (χ0v) is 34.4. The minimum atomic E-state index is -2.64. The van der Waals surface area contributed by atoms with Gasteiger partial charge in [0.15, 0.2) is 0 Å². The number of esters is 1. The first-order valence-corrected chi connectivity index (χ1v) is 26.0. The maximum absolute atomic E-state index is 13.9. The van der Waals surface area contributed by atoms with E-state index in [2.05, 4.69) is 53.5 Å². The van der Waals surface area contributed by atoms with Crippen molar-refractivity contribution in [1.29, 1.82) is 0 Å². The molecule has 0 unspecified atom stereocenters. The standard InChI is InChI=1S/C26H26IN2O5.3C4H9.Sn/c1-6-14-28(25(32)34-26(3,4)5)20-16-19(24(31)33-7-2)22-18(21(20)27)13-15-29(22)23(30)17-11-9-8-10-12-17;3*1-3-4-2;/h1,6,8-13,15-16H,7,14H2,2-5H3;3*1,3-4H2,2H3;. The van der Waals surface area contributed by atoms with Gasteiger partial charge < -0.3 is 0 Å². The van der Waals surface area contributed by atoms with Gasteiger partial charge in [-0.05, 0) is 0 Å². The van der Waals surface area contributed by atoms with E-state index in [4.69, 9.17) is 9.47 Å². The molecule has 0 aliphatic rings. The Morgan fingerprint density at radius 3 is 2.04 bits per heavy atom. The normalized spacial score (nSPS) is 12.1. The average molecular weight is 863 g/mol. The summed E-state index contributed by atoms with van der Waals surface area (Å²) in [5.41, 5.74) is 1.03. The molecule has 1 heterocycles. The van der Waals surface area contributed by atoms with Crippen LogP contribution in [-0.2, 0) is 9.47 Å². The Morgan fingerprint density at radius 1 is 0.915 bits per heavy atom. The van der Waals surface area contributed by atoms with Gasteiger partial charge in [0.1, 0.15) is 0 Å². The van der Waals surface area contributed by atoms with Crippen LogP contribution in [0.3, 0.4) is 0 Å². The Morgan fingerprint density at radius 2 is 1.51 bits per heavy atom. The summed E-state index contributed by atoms with van der Waals surface area (Å²) < 4.78 is 20.2. The summed E-state index contributed by atoms with van der Waals surface area (Å²) in [4.78, 5) is 42.7. The Kier molecular flexibility index (Phi) is 15.3. The van der Waals surface area contributed by atoms with Crippen molar-refractivity contribution in [2.45, 2.75) is 106 Å². The van der Waals surface area contributed by atoms with Crippen molar-refractivity contribution >= 4 is 75.5 Å². The molecule has 0 fully saturated rings. The number of rotatable bonds is 16. The molecule has 0 bridgehead atoms. The number of hydrogen-bond acceptors (Lipinski definition) is 5. The van der Waals surface area contributed by atoms with Gasteiger partial charge in [0.05, 0.1) is 0 Å². The van der Waals surface area contributed by atoms with E-state index in [1.807, 2.05) is 45.0 Å². The van der Waals surface area contributed by atoms with Gasteiger partial charge in [0.2, 0.25) is 0 Å². The number of amides is 1. The van der Waals surface area contributed by atoms with Gasteiger partial charge in [-0.1, -0.05) is 18.2 Å². The first kappa shape index (κ1) is 39.1. The fourth-order valence-electron chi connectivity index (χ4n) is 5.95. The molecule has 0 saturated carbocycles. The number of halogens is 1. The van der Waals surface area contributed by atoms with Crippen LogP contribution in [0.2, 0.25) is 13.3 Å². The van der Waals surface area contributed by atoms with Crippen molar-refractivity contribution in [3.8, 4) is 0 Å². The number of aromatic nitrogens is 1. The Labute approximate surface area is 299 Å². The second-order valence-electron chi connectivity index (χ2n) is 13.3. The van der Waals surface area contributed by atoms with Crippen LogP contribution in [0, 0.1) is 3.57 Å². The molecular formula is C38H53IN2O5Sn. The second kappa shape index (κ2) is 18.4. The number of carbonyl (C=O) groups excluding carboxylic acids is 3. The van der Waals surface area contributed by atoms with E-state index in [0.717, 1.165) is 3.57 Å². The summed E-state index contributed by atoms with van der Waals surface area (Å²) in [5, 5.41) is 0.690. The number of unbranched alkanes of at least 4 members (excludes halogenated alkanes) is 3. The number of carbonyl (C=O) groups is 3. The first-order chi connectivity index (χ1) is 22.4. The molecule has 3 aromatic rings. The van der Waals surface area contributed by atoms with Crippen molar-refractivity contribution in [2.75, 3.05) is 18.1 Å². The van der Waals surface area contributed by atoms with Crippen molar-refractivity contribution in [3.05, 3.63) is 73.5 Å². The van der Waals surface area contributed by atoms with Gasteiger partial charge in [-0.2, -0.15) is 0 Å². The monoisotopic (exact) mass is 864 g/mol. The summed E-state index contributed by atoms with van der Waals surface area (Å²) in [7, 11) is 0. The molecule has 0 aliphatic carbocycles. The van der Waals surface area contributed by atoms with Crippen LogP contribution >= 0.6 is 22.6 Å². The molecule has 2 aromatic carbocycles. The van der Waals surface area contributed by atoms with Crippen LogP contribution in [0.15, 0.2) is 58.8 Å². The number of hydrogen-bond donors (Lipinski definition) is 0. The van der Waals surface area contributed by atoms with Crippen LogP contribution in [0.1, 0.15) is 108 Å². The van der Waals surface area contributed by atoms with E-state index < -0.39 is 36.0 Å². The maximum atomic E-state index is 13.9. The van der Waals surface area contributed by atoms with Crippen molar-refractivity contribution in [1.82, 2.24) is 4.57 Å². The summed E-state index contributed by atoms with van der Waals surface area (Å²) in [6.45, 7) is 14.6. The van der Waals surface area contributed by atoms with Gasteiger partial charge in [-0.25, -0.2) is 0 Å². The van der Waals surface area contributed by atoms with Gasteiger partial charge in [-0.3, -0.25) is 0 Å². The molecule has 1 amide bonds. The molecule has 0 atom stereocenters. The third-order valence-electron chi connectivity index (χ3n) is 8.37. The first-order valence-electron chi connectivity index (χ1n) is 17.2. The van der Waals surface area contributed by atoms with E-state index >= 15 is 0 Å². The fraction of sp³-hybridized carbons (Fsp3) is 0.500. The van der Waals surface area contributed by atoms with Gasteiger partial charge in [-0.15, -0.1) is 0 Å². The number of fused-ring (bicyclic) bond motifs is 1. The number of anilines is 1. The Hall–Kier alpha value is -2.34. The van der Waals surface area contributed by atoms with Crippen molar-refractivity contribution in [2.24, 2.45) is 0 Å². The van der Waals surface area contributed by atoms with E-state index in [1.54, 1.807) is 36.2 Å². The molecule has 0 N–H and O–H groups in total. The van der Waals surface area contributed by atoms with Crippen LogP contribution < -0.4 is 4.90 Å². The van der Waals surface area contributed by atoms with Gasteiger partial charge >= 0.3 is 283 Å². The zero-order chi connectivity index (χ0) is 34.6. The molecule has 7 nitrogen and oxygen atoms in total. The van der Waals surface area contributed by atoms with E-state index in [1.165, 1.54) is 56.4 Å². The third kappa shape index (κ3) is 10.6. The average Bonchev–Trinajstić information content (AvgIpc) is 3.49. The summed E-state index contributed by atoms with van der Waals surface area (Å²) in [6.07, 6.45) is 10.7. The van der Waals surface area contributed by atoms with Crippen LogP contribution in [-0.4, -0.2) is 59.7 Å². The van der Waals surface area contributed by atoms with Gasteiger partial charge in [0.25, 0.3) is 0 Å². The van der Waals surface area contributed by atoms with E-state index in [-0.39, 0.29) is 18.1 Å². The molecule has 256 valence electrons. The predicted molar refractivity (Wildman–Crippen MR) is 204 cm³/mol. The zero-order valence-electron chi connectivity index (χ0n) is 29.4. The fourth-order valence-corrected chi connectivity index (χ4v) is 21.2. The Bertz CT molecular complexity index is 1500. The molecule has 47 heavy (non-hydrogen) atoms. The van der Waals surface area contributed by atoms with E-state index in [0.29, 0.717) is 28.7 Å². The van der Waals surface area contributed by atoms with Crippen LogP contribution in [0.4, 0.5) is 10.5 Å². The molecule has 0 saturated heterocycles.